The Balaban J connectivity index is 3.41. The first-order valence-electron chi connectivity index (χ1n) is 4.88. The zero-order valence-electron chi connectivity index (χ0n) is 9.54. The van der Waals surface area contributed by atoms with E-state index in [9.17, 15) is 28.8 Å². The summed E-state index contributed by atoms with van der Waals surface area (Å²) >= 11 is 0. The van der Waals surface area contributed by atoms with Crippen LogP contribution in [0.4, 0.5) is 14.5 Å². The van der Waals surface area contributed by atoms with Crippen molar-refractivity contribution in [1.29, 1.82) is 0 Å². The van der Waals surface area contributed by atoms with Gasteiger partial charge in [-0.05, 0) is 19.1 Å². The molecular weight excluding hydrogens is 268 g/mol. The number of benzene rings is 1. The van der Waals surface area contributed by atoms with E-state index in [1.807, 2.05) is 0 Å². The van der Waals surface area contributed by atoms with E-state index in [0.29, 0.717) is 6.07 Å². The highest BCUT2D eigenvalue weighted by molar-refractivity contribution is 5.76. The van der Waals surface area contributed by atoms with Crippen LogP contribution in [0.1, 0.15) is 17.2 Å². The van der Waals surface area contributed by atoms with E-state index >= 15 is 0 Å². The molecule has 2 N–H and O–H groups in total. The second-order valence-electron chi connectivity index (χ2n) is 3.55. The third kappa shape index (κ3) is 3.35. The minimum Gasteiger partial charge on any atom is -0.479 e. The molecule has 0 radical (unpaired) electrons. The van der Waals surface area contributed by atoms with Crippen molar-refractivity contribution in [2.75, 3.05) is 0 Å². The molecule has 0 aliphatic rings. The molecule has 0 aliphatic heterocycles. The van der Waals surface area contributed by atoms with Gasteiger partial charge in [0.25, 0.3) is 5.69 Å². The number of aryl methyl sites for hydroxylation is 1. The second kappa shape index (κ2) is 5.57. The lowest BCUT2D eigenvalue weighted by molar-refractivity contribution is -0.386. The van der Waals surface area contributed by atoms with Crippen LogP contribution in [0.25, 0.3) is 0 Å². The van der Waals surface area contributed by atoms with Crippen LogP contribution in [0, 0.1) is 17.0 Å². The van der Waals surface area contributed by atoms with Crippen LogP contribution in [0.15, 0.2) is 12.1 Å². The summed E-state index contributed by atoms with van der Waals surface area (Å²) in [5.41, 5.74) is -1.37. The number of nitro groups is 1. The summed E-state index contributed by atoms with van der Waals surface area (Å²) in [4.78, 5) is 20.6. The first kappa shape index (κ1) is 14.8. The Labute approximate surface area is 105 Å². The summed E-state index contributed by atoms with van der Waals surface area (Å²) in [6.07, 6.45) is -2.21. The van der Waals surface area contributed by atoms with Crippen LogP contribution in [0.3, 0.4) is 0 Å². The van der Waals surface area contributed by atoms with E-state index in [-0.39, 0.29) is 5.56 Å². The van der Waals surface area contributed by atoms with E-state index < -0.39 is 40.6 Å². The number of nitro benzene ring substituents is 1. The molecule has 1 aromatic rings. The molecule has 0 saturated heterocycles. The molecule has 1 aromatic carbocycles. The number of carboxylic acid groups (broad SMARTS) is 1. The van der Waals surface area contributed by atoms with Crippen LogP contribution >= 0.6 is 0 Å². The SMILES string of the molecule is Cc1cc(OC(F)F)cc(C(O)C(=O)O)c1[N+](=O)[O-]. The highest BCUT2D eigenvalue weighted by Crippen LogP contribution is 2.33. The van der Waals surface area contributed by atoms with Crippen molar-refractivity contribution < 1.29 is 33.4 Å². The van der Waals surface area contributed by atoms with Gasteiger partial charge in [-0.1, -0.05) is 0 Å². The Bertz CT molecular complexity index is 519. The van der Waals surface area contributed by atoms with Gasteiger partial charge in [0.1, 0.15) is 5.75 Å². The fourth-order valence-corrected chi connectivity index (χ4v) is 1.53. The molecule has 0 aromatic heterocycles. The monoisotopic (exact) mass is 277 g/mol. The number of halogens is 2. The minimum absolute atomic E-state index is 0.0987. The number of ether oxygens (including phenoxy) is 1. The Morgan fingerprint density at radius 1 is 1.47 bits per heavy atom. The first-order chi connectivity index (χ1) is 8.73. The van der Waals surface area contributed by atoms with Gasteiger partial charge in [0.05, 0.1) is 10.5 Å². The van der Waals surface area contributed by atoms with Crippen molar-refractivity contribution in [1.82, 2.24) is 0 Å². The van der Waals surface area contributed by atoms with Gasteiger partial charge in [-0.15, -0.1) is 0 Å². The van der Waals surface area contributed by atoms with Gasteiger partial charge in [0.2, 0.25) is 0 Å². The molecule has 0 spiro atoms. The maximum atomic E-state index is 12.1. The van der Waals surface area contributed by atoms with Crippen molar-refractivity contribution in [3.05, 3.63) is 33.4 Å². The number of carbonyl (C=O) groups is 1. The number of nitrogens with zero attached hydrogens (tertiary/aromatic N) is 1. The number of carboxylic acids is 1. The number of hydrogen-bond acceptors (Lipinski definition) is 5. The Morgan fingerprint density at radius 2 is 2.05 bits per heavy atom. The molecule has 7 nitrogen and oxygen atoms in total. The van der Waals surface area contributed by atoms with E-state index in [1.54, 1.807) is 0 Å². The van der Waals surface area contributed by atoms with Gasteiger partial charge in [-0.3, -0.25) is 10.1 Å². The van der Waals surface area contributed by atoms with Crippen molar-refractivity contribution in [2.24, 2.45) is 0 Å². The Hall–Kier alpha value is -2.29. The molecule has 19 heavy (non-hydrogen) atoms. The maximum absolute atomic E-state index is 12.1. The third-order valence-corrected chi connectivity index (χ3v) is 2.24. The highest BCUT2D eigenvalue weighted by Gasteiger charge is 2.29. The molecule has 1 unspecified atom stereocenters. The molecule has 0 saturated carbocycles. The van der Waals surface area contributed by atoms with Gasteiger partial charge in [-0.25, -0.2) is 4.79 Å². The molecule has 9 heteroatoms. The molecule has 0 heterocycles. The lowest BCUT2D eigenvalue weighted by Gasteiger charge is -2.12. The minimum atomic E-state index is -3.17. The molecule has 1 atom stereocenters. The third-order valence-electron chi connectivity index (χ3n) is 2.24. The molecule has 0 fully saturated rings. The smallest absolute Gasteiger partial charge is 0.387 e. The molecular formula is C10H9F2NO6. The first-order valence-corrected chi connectivity index (χ1v) is 4.88. The Morgan fingerprint density at radius 3 is 2.47 bits per heavy atom. The number of aliphatic hydroxyl groups is 1. The van der Waals surface area contributed by atoms with E-state index in [1.165, 1.54) is 6.92 Å². The zero-order chi connectivity index (χ0) is 14.7. The van der Waals surface area contributed by atoms with Crippen molar-refractivity contribution in [3.63, 3.8) is 0 Å². The lowest BCUT2D eigenvalue weighted by atomic mass is 10.0. The Kier molecular flexibility index (Phi) is 4.33. The molecule has 0 amide bonds. The summed E-state index contributed by atoms with van der Waals surface area (Å²) in [5, 5.41) is 28.8. The van der Waals surface area contributed by atoms with E-state index in [0.717, 1.165) is 6.07 Å². The van der Waals surface area contributed by atoms with Crippen molar-refractivity contribution in [3.8, 4) is 5.75 Å². The highest BCUT2D eigenvalue weighted by atomic mass is 19.3. The summed E-state index contributed by atoms with van der Waals surface area (Å²) in [5.74, 6) is -2.20. The summed E-state index contributed by atoms with van der Waals surface area (Å²) in [7, 11) is 0. The molecule has 0 aliphatic carbocycles. The van der Waals surface area contributed by atoms with E-state index in [4.69, 9.17) is 5.11 Å². The maximum Gasteiger partial charge on any atom is 0.387 e. The quantitative estimate of drug-likeness (QED) is 0.625. The predicted octanol–water partition coefficient (Wildman–Crippen LogP) is 1.62. The molecule has 1 rings (SSSR count). The lowest BCUT2D eigenvalue weighted by Crippen LogP contribution is -2.14. The van der Waals surface area contributed by atoms with Gasteiger partial charge in [0, 0.05) is 5.56 Å². The largest absolute Gasteiger partial charge is 0.479 e. The molecule has 104 valence electrons. The standard InChI is InChI=1S/C10H9F2NO6/c1-4-2-5(19-10(11)12)3-6(7(4)13(17)18)8(14)9(15)16/h2-3,8,10,14H,1H3,(H,15,16). The van der Waals surface area contributed by atoms with Crippen molar-refractivity contribution >= 4 is 11.7 Å². The summed E-state index contributed by atoms with van der Waals surface area (Å²) < 4.78 is 28.2. The van der Waals surface area contributed by atoms with Crippen molar-refractivity contribution in [2.45, 2.75) is 19.6 Å². The number of aliphatic hydroxyl groups excluding tert-OH is 1. The van der Waals surface area contributed by atoms with Gasteiger partial charge in [-0.2, -0.15) is 8.78 Å². The van der Waals surface area contributed by atoms with Crippen LogP contribution in [0.2, 0.25) is 0 Å². The van der Waals surface area contributed by atoms with Gasteiger partial charge < -0.3 is 14.9 Å². The van der Waals surface area contributed by atoms with Crippen LogP contribution in [-0.4, -0.2) is 27.7 Å². The normalized spacial score (nSPS) is 12.3. The van der Waals surface area contributed by atoms with Crippen LogP contribution < -0.4 is 4.74 Å². The predicted molar refractivity (Wildman–Crippen MR) is 57.1 cm³/mol. The second-order valence-corrected chi connectivity index (χ2v) is 3.55. The van der Waals surface area contributed by atoms with Crippen LogP contribution in [0.5, 0.6) is 5.75 Å². The zero-order valence-corrected chi connectivity index (χ0v) is 9.54. The van der Waals surface area contributed by atoms with E-state index in [2.05, 4.69) is 4.74 Å². The summed E-state index contributed by atoms with van der Waals surface area (Å²) in [6.45, 7) is -1.95. The molecule has 0 bridgehead atoms. The summed E-state index contributed by atoms with van der Waals surface area (Å²) in [6, 6.07) is 1.67. The van der Waals surface area contributed by atoms with Crippen LogP contribution in [-0.2, 0) is 4.79 Å². The fourth-order valence-electron chi connectivity index (χ4n) is 1.53. The van der Waals surface area contributed by atoms with Gasteiger partial charge >= 0.3 is 12.6 Å². The average molecular weight is 277 g/mol. The average Bonchev–Trinajstić information content (AvgIpc) is 2.25. The number of alkyl halides is 2. The fraction of sp³-hybridized carbons (Fsp3) is 0.300. The topological polar surface area (TPSA) is 110 Å². The number of aliphatic carboxylic acids is 1. The van der Waals surface area contributed by atoms with Gasteiger partial charge in [0.15, 0.2) is 6.10 Å². The number of hydrogen-bond donors (Lipinski definition) is 2. The number of rotatable bonds is 5.